The maximum atomic E-state index is 12.7. The zero-order valence-electron chi connectivity index (χ0n) is 14.6. The number of hydrogen-bond donors (Lipinski definition) is 3. The molecule has 0 fully saturated rings. The van der Waals surface area contributed by atoms with Gasteiger partial charge in [-0.25, -0.2) is 9.97 Å². The summed E-state index contributed by atoms with van der Waals surface area (Å²) in [5, 5.41) is 15.8. The van der Waals surface area contributed by atoms with Gasteiger partial charge < -0.3 is 15.7 Å². The molecule has 3 N–H and O–H groups in total. The number of benzene rings is 1. The van der Waals surface area contributed by atoms with Crippen molar-refractivity contribution in [3.8, 4) is 10.6 Å². The van der Waals surface area contributed by atoms with Crippen molar-refractivity contribution in [2.45, 2.75) is 12.5 Å². The van der Waals surface area contributed by atoms with Gasteiger partial charge in [-0.3, -0.25) is 4.79 Å². The van der Waals surface area contributed by atoms with Crippen LogP contribution in [0.2, 0.25) is 5.02 Å². The van der Waals surface area contributed by atoms with Crippen molar-refractivity contribution in [1.82, 2.24) is 15.3 Å². The zero-order chi connectivity index (χ0) is 19.2. The quantitative estimate of drug-likeness (QED) is 0.560. The van der Waals surface area contributed by atoms with Crippen LogP contribution in [0.3, 0.4) is 0 Å². The molecular weight excluding hydrogens is 384 g/mol. The Balaban J connectivity index is 1.76. The number of aliphatic hydroxyl groups excluding tert-OH is 1. The minimum Gasteiger partial charge on any atom is -0.396 e. The lowest BCUT2D eigenvalue weighted by atomic mass is 10.0. The highest BCUT2D eigenvalue weighted by Crippen LogP contribution is 2.28. The monoisotopic (exact) mass is 402 g/mol. The number of nitrogens with zero attached hydrogens (tertiary/aromatic N) is 2. The smallest absolute Gasteiger partial charge is 0.261 e. The fourth-order valence-corrected chi connectivity index (χ4v) is 3.59. The fraction of sp³-hybridized carbons (Fsp3) is 0.211. The van der Waals surface area contributed by atoms with Gasteiger partial charge in [-0.05, 0) is 42.3 Å². The van der Waals surface area contributed by atoms with Crippen molar-refractivity contribution >= 4 is 34.8 Å². The van der Waals surface area contributed by atoms with Crippen LogP contribution in [-0.4, -0.2) is 34.6 Å². The third-order valence-corrected chi connectivity index (χ3v) is 5.32. The molecule has 0 radical (unpaired) electrons. The van der Waals surface area contributed by atoms with Crippen LogP contribution in [0.5, 0.6) is 0 Å². The van der Waals surface area contributed by atoms with E-state index in [9.17, 15) is 9.90 Å². The summed E-state index contributed by atoms with van der Waals surface area (Å²) in [5.74, 6) is 0.334. The van der Waals surface area contributed by atoms with Crippen LogP contribution in [0.25, 0.3) is 10.6 Å². The number of thiophene rings is 1. The maximum Gasteiger partial charge on any atom is 0.261 e. The van der Waals surface area contributed by atoms with Crippen LogP contribution in [0.15, 0.2) is 48.7 Å². The van der Waals surface area contributed by atoms with Gasteiger partial charge in [0, 0.05) is 24.9 Å². The number of aromatic nitrogens is 2. The van der Waals surface area contributed by atoms with Crippen LogP contribution in [-0.2, 0) is 0 Å². The number of hydrogen-bond acceptors (Lipinski definition) is 6. The van der Waals surface area contributed by atoms with Crippen molar-refractivity contribution in [1.29, 1.82) is 0 Å². The minimum absolute atomic E-state index is 0.0308. The first kappa shape index (κ1) is 19.3. The van der Waals surface area contributed by atoms with Gasteiger partial charge in [0.1, 0.15) is 0 Å². The highest BCUT2D eigenvalue weighted by atomic mass is 35.5. The highest BCUT2D eigenvalue weighted by Gasteiger charge is 2.17. The van der Waals surface area contributed by atoms with E-state index < -0.39 is 0 Å². The van der Waals surface area contributed by atoms with Crippen LogP contribution >= 0.6 is 22.9 Å². The normalized spacial score (nSPS) is 11.8. The van der Waals surface area contributed by atoms with Crippen LogP contribution < -0.4 is 10.6 Å². The molecule has 3 aromatic rings. The van der Waals surface area contributed by atoms with Gasteiger partial charge >= 0.3 is 0 Å². The average Bonchev–Trinajstić information content (AvgIpc) is 3.19. The molecule has 3 rings (SSSR count). The van der Waals surface area contributed by atoms with E-state index in [1.807, 2.05) is 18.2 Å². The topological polar surface area (TPSA) is 87.1 Å². The molecule has 0 bridgehead atoms. The first-order chi connectivity index (χ1) is 13.1. The summed E-state index contributed by atoms with van der Waals surface area (Å²) in [6.45, 7) is -0.0308. The van der Waals surface area contributed by atoms with E-state index in [4.69, 9.17) is 11.6 Å². The number of anilines is 1. The third kappa shape index (κ3) is 4.82. The van der Waals surface area contributed by atoms with Crippen molar-refractivity contribution in [2.75, 3.05) is 19.0 Å². The molecule has 1 amide bonds. The van der Waals surface area contributed by atoms with E-state index in [1.165, 1.54) is 11.3 Å². The molecule has 0 aliphatic heterocycles. The Hall–Kier alpha value is -2.48. The second-order valence-corrected chi connectivity index (χ2v) is 7.29. The first-order valence-corrected chi connectivity index (χ1v) is 9.58. The summed E-state index contributed by atoms with van der Waals surface area (Å²) in [6.07, 6.45) is 2.09. The number of halogens is 1. The lowest BCUT2D eigenvalue weighted by Crippen LogP contribution is -2.28. The average molecular weight is 403 g/mol. The third-order valence-electron chi connectivity index (χ3n) is 3.96. The van der Waals surface area contributed by atoms with E-state index >= 15 is 0 Å². The lowest BCUT2D eigenvalue weighted by Gasteiger charge is -2.18. The van der Waals surface area contributed by atoms with E-state index in [1.54, 1.807) is 37.5 Å². The molecule has 0 saturated heterocycles. The summed E-state index contributed by atoms with van der Waals surface area (Å²) in [4.78, 5) is 22.6. The predicted molar refractivity (Wildman–Crippen MR) is 108 cm³/mol. The molecule has 0 aliphatic rings. The summed E-state index contributed by atoms with van der Waals surface area (Å²) in [7, 11) is 1.75. The molecule has 8 heteroatoms. The van der Waals surface area contributed by atoms with Crippen molar-refractivity contribution < 1.29 is 9.90 Å². The van der Waals surface area contributed by atoms with E-state index in [2.05, 4.69) is 20.6 Å². The molecule has 0 spiro atoms. The highest BCUT2D eigenvalue weighted by molar-refractivity contribution is 7.17. The number of amides is 1. The number of carbonyl (C=O) groups excluding carboxylic acids is 1. The summed E-state index contributed by atoms with van der Waals surface area (Å²) in [6, 6.07) is 12.4. The predicted octanol–water partition coefficient (Wildman–Crippen LogP) is 3.75. The Kier molecular flexibility index (Phi) is 6.39. The number of aliphatic hydroxyl groups is 1. The lowest BCUT2D eigenvalue weighted by molar-refractivity contribution is 0.0934. The molecule has 0 saturated carbocycles. The first-order valence-electron chi connectivity index (χ1n) is 8.39. The van der Waals surface area contributed by atoms with Crippen LogP contribution in [0.1, 0.15) is 27.7 Å². The van der Waals surface area contributed by atoms with E-state index in [-0.39, 0.29) is 18.6 Å². The van der Waals surface area contributed by atoms with Crippen molar-refractivity contribution in [3.05, 3.63) is 64.1 Å². The minimum atomic E-state index is -0.291. The van der Waals surface area contributed by atoms with Gasteiger partial charge in [0.15, 0.2) is 0 Å². The zero-order valence-corrected chi connectivity index (χ0v) is 16.2. The molecule has 2 heterocycles. The van der Waals surface area contributed by atoms with E-state index in [0.717, 1.165) is 16.1 Å². The Labute approximate surface area is 166 Å². The van der Waals surface area contributed by atoms with Crippen LogP contribution in [0, 0.1) is 0 Å². The van der Waals surface area contributed by atoms with Crippen molar-refractivity contribution in [2.24, 2.45) is 0 Å². The van der Waals surface area contributed by atoms with Gasteiger partial charge in [-0.15, -0.1) is 11.3 Å². The number of nitrogens with one attached hydrogen (secondary N) is 2. The van der Waals surface area contributed by atoms with Gasteiger partial charge in [-0.2, -0.15) is 0 Å². The number of rotatable bonds is 7. The van der Waals surface area contributed by atoms with Gasteiger partial charge in [-0.1, -0.05) is 23.7 Å². The Bertz CT molecular complexity index is 914. The molecule has 1 unspecified atom stereocenters. The standard InChI is InChI=1S/C19H19ClN4O2S/c1-21-19-22-10-8-15(24-19)16-6-7-17(27-16)18(26)23-14(9-11-25)12-2-4-13(20)5-3-12/h2-8,10,14,25H,9,11H2,1H3,(H,23,26)(H,21,22,24). The van der Waals surface area contributed by atoms with Crippen molar-refractivity contribution in [3.63, 3.8) is 0 Å². The molecule has 1 aromatic carbocycles. The molecular formula is C19H19ClN4O2S. The molecule has 6 nitrogen and oxygen atoms in total. The SMILES string of the molecule is CNc1nccc(-c2ccc(C(=O)NC(CCO)c3ccc(Cl)cc3)s2)n1. The molecule has 2 aromatic heterocycles. The molecule has 1 atom stereocenters. The maximum absolute atomic E-state index is 12.7. The van der Waals surface area contributed by atoms with E-state index in [0.29, 0.717) is 22.3 Å². The van der Waals surface area contributed by atoms with Gasteiger partial charge in [0.2, 0.25) is 5.95 Å². The molecule has 27 heavy (non-hydrogen) atoms. The van der Waals surface area contributed by atoms with Gasteiger partial charge in [0.05, 0.1) is 21.5 Å². The molecule has 140 valence electrons. The number of carbonyl (C=O) groups is 1. The van der Waals surface area contributed by atoms with Gasteiger partial charge in [0.25, 0.3) is 5.91 Å². The largest absolute Gasteiger partial charge is 0.396 e. The summed E-state index contributed by atoms with van der Waals surface area (Å²) >= 11 is 7.28. The fourth-order valence-electron chi connectivity index (χ4n) is 2.59. The Morgan fingerprint density at radius 1 is 1.22 bits per heavy atom. The molecule has 0 aliphatic carbocycles. The Morgan fingerprint density at radius 3 is 2.70 bits per heavy atom. The Morgan fingerprint density at radius 2 is 2.00 bits per heavy atom. The van der Waals surface area contributed by atoms with Crippen LogP contribution in [0.4, 0.5) is 5.95 Å². The summed E-state index contributed by atoms with van der Waals surface area (Å²) < 4.78 is 0. The summed E-state index contributed by atoms with van der Waals surface area (Å²) in [5.41, 5.74) is 1.65. The second-order valence-electron chi connectivity index (χ2n) is 5.77. The second kappa shape index (κ2) is 8.94.